The van der Waals surface area contributed by atoms with Gasteiger partial charge in [0.1, 0.15) is 0 Å². The summed E-state index contributed by atoms with van der Waals surface area (Å²) in [5, 5.41) is 5.80. The smallest absolute Gasteiger partial charge is 0.314 e. The van der Waals surface area contributed by atoms with Gasteiger partial charge in [0, 0.05) is 51.2 Å². The summed E-state index contributed by atoms with van der Waals surface area (Å²) in [5.74, 6) is 0.164. The Balaban J connectivity index is 1.29. The molecule has 2 N–H and O–H groups in total. The molecule has 2 aliphatic heterocycles. The molecule has 1 fully saturated rings. The summed E-state index contributed by atoms with van der Waals surface area (Å²) < 4.78 is 5.46. The fraction of sp³-hybridized carbons (Fsp3) is 0.636. The van der Waals surface area contributed by atoms with Gasteiger partial charge in [-0.15, -0.1) is 0 Å². The molecule has 2 unspecified atom stereocenters. The number of rotatable bonds is 7. The Morgan fingerprint density at radius 2 is 2.00 bits per heavy atom. The third kappa shape index (κ3) is 6.18. The lowest BCUT2D eigenvalue weighted by molar-refractivity contribution is -0.132. The molecule has 7 nitrogen and oxygen atoms in total. The summed E-state index contributed by atoms with van der Waals surface area (Å²) in [6.45, 7) is 9.24. The topological polar surface area (TPSA) is 73.9 Å². The average molecular weight is 403 g/mol. The van der Waals surface area contributed by atoms with Crippen LogP contribution in [0.25, 0.3) is 0 Å². The first-order valence-corrected chi connectivity index (χ1v) is 10.7. The van der Waals surface area contributed by atoms with Gasteiger partial charge in [0.05, 0.1) is 13.2 Å². The Kier molecular flexibility index (Phi) is 7.89. The van der Waals surface area contributed by atoms with Crippen molar-refractivity contribution in [3.8, 4) is 0 Å². The molecule has 1 aromatic rings. The van der Waals surface area contributed by atoms with Crippen molar-refractivity contribution < 1.29 is 14.3 Å². The molecule has 0 aromatic heterocycles. The van der Waals surface area contributed by atoms with E-state index in [2.05, 4.69) is 47.6 Å². The van der Waals surface area contributed by atoms with Gasteiger partial charge in [-0.25, -0.2) is 4.79 Å². The summed E-state index contributed by atoms with van der Waals surface area (Å²) in [6, 6.07) is 8.78. The number of benzene rings is 1. The average Bonchev–Trinajstić information content (AvgIpc) is 2.74. The predicted molar refractivity (Wildman–Crippen MR) is 113 cm³/mol. The zero-order valence-corrected chi connectivity index (χ0v) is 17.7. The quantitative estimate of drug-likeness (QED) is 0.682. The molecule has 7 heteroatoms. The minimum Gasteiger partial charge on any atom is -0.379 e. The van der Waals surface area contributed by atoms with E-state index in [1.54, 1.807) is 0 Å². The highest BCUT2D eigenvalue weighted by Crippen LogP contribution is 2.19. The van der Waals surface area contributed by atoms with E-state index in [9.17, 15) is 9.59 Å². The highest BCUT2D eigenvalue weighted by atomic mass is 16.5. The number of urea groups is 1. The van der Waals surface area contributed by atoms with Crippen LogP contribution in [0.3, 0.4) is 0 Å². The normalized spacial score (nSPS) is 20.6. The summed E-state index contributed by atoms with van der Waals surface area (Å²) in [5.41, 5.74) is 2.59. The molecule has 0 aliphatic carbocycles. The molecule has 2 heterocycles. The van der Waals surface area contributed by atoms with Gasteiger partial charge in [0.15, 0.2) is 0 Å². The largest absolute Gasteiger partial charge is 0.379 e. The van der Waals surface area contributed by atoms with E-state index in [1.165, 1.54) is 11.1 Å². The number of nitrogens with one attached hydrogen (secondary N) is 2. The lowest BCUT2D eigenvalue weighted by Gasteiger charge is -2.37. The molecule has 3 rings (SSSR count). The molecular weight excluding hydrogens is 368 g/mol. The van der Waals surface area contributed by atoms with E-state index in [1.807, 2.05) is 11.0 Å². The van der Waals surface area contributed by atoms with E-state index in [0.717, 1.165) is 32.7 Å². The van der Waals surface area contributed by atoms with Crippen LogP contribution in [0.5, 0.6) is 0 Å². The molecule has 0 bridgehead atoms. The first-order chi connectivity index (χ1) is 14.0. The molecular formula is C22H34N4O3. The van der Waals surface area contributed by atoms with Gasteiger partial charge in [-0.2, -0.15) is 0 Å². The van der Waals surface area contributed by atoms with Crippen molar-refractivity contribution in [1.82, 2.24) is 20.4 Å². The van der Waals surface area contributed by atoms with Crippen LogP contribution in [0, 0.1) is 0 Å². The Hall–Kier alpha value is -2.12. The highest BCUT2D eigenvalue weighted by Gasteiger charge is 2.24. The zero-order valence-electron chi connectivity index (χ0n) is 17.7. The number of hydrogen-bond donors (Lipinski definition) is 2. The maximum atomic E-state index is 12.5. The number of nitrogens with zero attached hydrogens (tertiary/aromatic N) is 2. The Bertz CT molecular complexity index is 696. The molecule has 160 valence electrons. The molecule has 0 radical (unpaired) electrons. The highest BCUT2D eigenvalue weighted by molar-refractivity contribution is 5.77. The van der Waals surface area contributed by atoms with Crippen molar-refractivity contribution >= 4 is 11.9 Å². The third-order valence-electron chi connectivity index (χ3n) is 5.88. The molecule has 3 amide bonds. The van der Waals surface area contributed by atoms with Crippen LogP contribution in [0.15, 0.2) is 24.3 Å². The van der Waals surface area contributed by atoms with Crippen LogP contribution in [0.1, 0.15) is 37.8 Å². The molecule has 2 aliphatic rings. The van der Waals surface area contributed by atoms with Gasteiger partial charge < -0.3 is 20.3 Å². The van der Waals surface area contributed by atoms with E-state index in [0.29, 0.717) is 38.5 Å². The van der Waals surface area contributed by atoms with Crippen molar-refractivity contribution in [1.29, 1.82) is 0 Å². The molecule has 0 spiro atoms. The molecule has 29 heavy (non-hydrogen) atoms. The second-order valence-electron chi connectivity index (χ2n) is 8.09. The Morgan fingerprint density at radius 3 is 2.79 bits per heavy atom. The standard InChI is InChI=1S/C22H34N4O3/c1-17(26-12-13-29-16-18(26)2)14-24-22(28)23-10-5-8-21(27)25-11-9-19-6-3-4-7-20(19)15-25/h3-4,6-7,17-18H,5,8-16H2,1-2H3,(H2,23,24,28). The maximum absolute atomic E-state index is 12.5. The molecule has 1 saturated heterocycles. The second kappa shape index (κ2) is 10.6. The van der Waals surface area contributed by atoms with Crippen LogP contribution in [0.4, 0.5) is 4.79 Å². The van der Waals surface area contributed by atoms with Crippen molar-refractivity contribution in [2.45, 2.75) is 51.7 Å². The first-order valence-electron chi connectivity index (χ1n) is 10.7. The van der Waals surface area contributed by atoms with Crippen LogP contribution in [-0.2, 0) is 22.5 Å². The van der Waals surface area contributed by atoms with Gasteiger partial charge in [-0.3, -0.25) is 9.69 Å². The van der Waals surface area contributed by atoms with Crippen molar-refractivity contribution in [3.05, 3.63) is 35.4 Å². The lowest BCUT2D eigenvalue weighted by Crippen LogP contribution is -2.52. The number of carbonyl (C=O) groups is 2. The first kappa shape index (κ1) is 21.6. The molecule has 0 saturated carbocycles. The summed E-state index contributed by atoms with van der Waals surface area (Å²) in [4.78, 5) is 28.8. The van der Waals surface area contributed by atoms with Crippen LogP contribution in [0.2, 0.25) is 0 Å². The fourth-order valence-electron chi connectivity index (χ4n) is 4.12. The minimum atomic E-state index is -0.169. The fourth-order valence-corrected chi connectivity index (χ4v) is 4.12. The Labute approximate surface area is 173 Å². The number of amides is 3. The summed E-state index contributed by atoms with van der Waals surface area (Å²) in [7, 11) is 0. The lowest BCUT2D eigenvalue weighted by atomic mass is 9.99. The number of carbonyl (C=O) groups excluding carboxylic acids is 2. The third-order valence-corrected chi connectivity index (χ3v) is 5.88. The van der Waals surface area contributed by atoms with Gasteiger partial charge in [0.25, 0.3) is 0 Å². The maximum Gasteiger partial charge on any atom is 0.314 e. The summed E-state index contributed by atoms with van der Waals surface area (Å²) >= 11 is 0. The number of hydrogen-bond acceptors (Lipinski definition) is 4. The van der Waals surface area contributed by atoms with Gasteiger partial charge >= 0.3 is 6.03 Å². The van der Waals surface area contributed by atoms with Crippen LogP contribution < -0.4 is 10.6 Å². The van der Waals surface area contributed by atoms with Crippen molar-refractivity contribution in [2.75, 3.05) is 39.4 Å². The number of ether oxygens (including phenoxy) is 1. The van der Waals surface area contributed by atoms with Crippen molar-refractivity contribution in [2.24, 2.45) is 0 Å². The second-order valence-corrected chi connectivity index (χ2v) is 8.09. The van der Waals surface area contributed by atoms with E-state index in [-0.39, 0.29) is 18.0 Å². The molecule has 2 atom stereocenters. The zero-order chi connectivity index (χ0) is 20.6. The number of fused-ring (bicyclic) bond motifs is 1. The van der Waals surface area contributed by atoms with Crippen LogP contribution in [-0.4, -0.2) is 73.2 Å². The number of morpholine rings is 1. The Morgan fingerprint density at radius 1 is 1.21 bits per heavy atom. The van der Waals surface area contributed by atoms with Crippen LogP contribution >= 0.6 is 0 Å². The molecule has 1 aromatic carbocycles. The summed E-state index contributed by atoms with van der Waals surface area (Å²) in [6.07, 6.45) is 2.03. The van der Waals surface area contributed by atoms with Crippen molar-refractivity contribution in [3.63, 3.8) is 0 Å². The van der Waals surface area contributed by atoms with E-state index >= 15 is 0 Å². The van der Waals surface area contributed by atoms with Gasteiger partial charge in [-0.05, 0) is 37.8 Å². The predicted octanol–water partition coefficient (Wildman–Crippen LogP) is 1.76. The van der Waals surface area contributed by atoms with Gasteiger partial charge in [-0.1, -0.05) is 24.3 Å². The van der Waals surface area contributed by atoms with E-state index in [4.69, 9.17) is 4.74 Å². The van der Waals surface area contributed by atoms with E-state index < -0.39 is 0 Å². The SMILES string of the molecule is CC(CNC(=O)NCCCC(=O)N1CCc2ccccc2C1)N1CCOCC1C. The monoisotopic (exact) mass is 402 g/mol. The minimum absolute atomic E-state index is 0.164. The van der Waals surface area contributed by atoms with Gasteiger partial charge in [0.2, 0.25) is 5.91 Å².